The number of hydrogen-bond acceptors (Lipinski definition) is 5. The van der Waals surface area contributed by atoms with Crippen LogP contribution in [0.1, 0.15) is 38.7 Å². The fraction of sp³-hybridized carbons (Fsp3) is 0.440. The van der Waals surface area contributed by atoms with E-state index >= 15 is 0 Å². The molecule has 1 saturated heterocycles. The highest BCUT2D eigenvalue weighted by Crippen LogP contribution is 2.32. The van der Waals surface area contributed by atoms with Gasteiger partial charge in [-0.25, -0.2) is 8.42 Å². The second-order valence-electron chi connectivity index (χ2n) is 8.86. The van der Waals surface area contributed by atoms with Gasteiger partial charge in [-0.1, -0.05) is 6.92 Å². The van der Waals surface area contributed by atoms with E-state index in [1.54, 1.807) is 46.8 Å². The predicted octanol–water partition coefficient (Wildman–Crippen LogP) is 3.42. The van der Waals surface area contributed by atoms with Crippen LogP contribution in [0.2, 0.25) is 0 Å². The first kappa shape index (κ1) is 24.2. The van der Waals surface area contributed by atoms with Gasteiger partial charge in [0.2, 0.25) is 21.8 Å². The molecule has 182 valence electrons. The van der Waals surface area contributed by atoms with Crippen molar-refractivity contribution in [2.24, 2.45) is 5.92 Å². The number of rotatable bonds is 7. The van der Waals surface area contributed by atoms with Crippen LogP contribution in [0.5, 0.6) is 5.75 Å². The molecule has 1 fully saturated rings. The van der Waals surface area contributed by atoms with Crippen molar-refractivity contribution in [1.29, 1.82) is 0 Å². The Morgan fingerprint density at radius 2 is 1.79 bits per heavy atom. The van der Waals surface area contributed by atoms with E-state index in [1.807, 2.05) is 6.92 Å². The number of amides is 2. The number of anilines is 2. The summed E-state index contributed by atoms with van der Waals surface area (Å²) in [5.41, 5.74) is 1.96. The van der Waals surface area contributed by atoms with Gasteiger partial charge in [-0.3, -0.25) is 9.59 Å². The van der Waals surface area contributed by atoms with Gasteiger partial charge < -0.3 is 15.0 Å². The lowest BCUT2D eigenvalue weighted by Gasteiger charge is -2.31. The summed E-state index contributed by atoms with van der Waals surface area (Å²) >= 11 is 0. The minimum Gasteiger partial charge on any atom is -0.494 e. The lowest BCUT2D eigenvalue weighted by atomic mass is 10.0. The molecule has 2 aromatic rings. The second-order valence-corrected chi connectivity index (χ2v) is 10.8. The standard InChI is InChI=1S/C25H31N3O5S/c1-3-33-21-7-5-20(6-8-21)26-24(29)17-28-23-10-9-22(16-19(23)4-11-25(28)30)34(31,32)27-14-12-18(2)13-15-27/h5-10,16,18H,3-4,11-15,17H2,1-2H3,(H,26,29). The Morgan fingerprint density at radius 3 is 2.47 bits per heavy atom. The molecule has 2 aliphatic heterocycles. The van der Waals surface area contributed by atoms with Crippen LogP contribution >= 0.6 is 0 Å². The number of nitrogens with zero attached hydrogens (tertiary/aromatic N) is 2. The first-order valence-electron chi connectivity index (χ1n) is 11.7. The molecule has 0 unspecified atom stereocenters. The smallest absolute Gasteiger partial charge is 0.244 e. The van der Waals surface area contributed by atoms with E-state index in [0.29, 0.717) is 49.2 Å². The van der Waals surface area contributed by atoms with Crippen molar-refractivity contribution in [3.05, 3.63) is 48.0 Å². The third-order valence-electron chi connectivity index (χ3n) is 6.38. The van der Waals surface area contributed by atoms with Gasteiger partial charge in [-0.05, 0) is 80.1 Å². The average Bonchev–Trinajstić information content (AvgIpc) is 2.82. The van der Waals surface area contributed by atoms with Crippen molar-refractivity contribution in [2.45, 2.75) is 44.4 Å². The minimum absolute atomic E-state index is 0.144. The Bertz CT molecular complexity index is 1160. The highest BCUT2D eigenvalue weighted by Gasteiger charge is 2.31. The van der Waals surface area contributed by atoms with Gasteiger partial charge in [0.05, 0.1) is 11.5 Å². The van der Waals surface area contributed by atoms with Crippen LogP contribution in [0.3, 0.4) is 0 Å². The van der Waals surface area contributed by atoms with E-state index in [9.17, 15) is 18.0 Å². The number of carbonyl (C=O) groups is 2. The molecular formula is C25H31N3O5S. The van der Waals surface area contributed by atoms with Crippen LogP contribution in [0.15, 0.2) is 47.4 Å². The lowest BCUT2D eigenvalue weighted by molar-refractivity contribution is -0.121. The molecule has 2 aromatic carbocycles. The topological polar surface area (TPSA) is 96.0 Å². The lowest BCUT2D eigenvalue weighted by Crippen LogP contribution is -2.41. The number of piperidine rings is 1. The maximum Gasteiger partial charge on any atom is 0.244 e. The number of sulfonamides is 1. The first-order chi connectivity index (χ1) is 16.3. The summed E-state index contributed by atoms with van der Waals surface area (Å²) in [6, 6.07) is 11.9. The zero-order valence-electron chi connectivity index (χ0n) is 19.6. The summed E-state index contributed by atoms with van der Waals surface area (Å²) < 4.78 is 33.2. The van der Waals surface area contributed by atoms with Gasteiger partial charge in [0.1, 0.15) is 12.3 Å². The molecule has 1 N–H and O–H groups in total. The molecule has 0 spiro atoms. The molecule has 0 aromatic heterocycles. The third kappa shape index (κ3) is 5.26. The normalized spacial score (nSPS) is 17.4. The van der Waals surface area contributed by atoms with Crippen molar-refractivity contribution >= 4 is 33.2 Å². The van der Waals surface area contributed by atoms with Crippen LogP contribution in [0.25, 0.3) is 0 Å². The summed E-state index contributed by atoms with van der Waals surface area (Å²) in [5.74, 6) is 0.758. The zero-order valence-corrected chi connectivity index (χ0v) is 20.4. The fourth-order valence-electron chi connectivity index (χ4n) is 4.39. The Labute approximate surface area is 200 Å². The monoisotopic (exact) mass is 485 g/mol. The molecule has 8 nitrogen and oxygen atoms in total. The molecule has 2 aliphatic rings. The molecule has 2 amide bonds. The number of benzene rings is 2. The Hall–Kier alpha value is -2.91. The van der Waals surface area contributed by atoms with Crippen molar-refractivity contribution in [2.75, 3.05) is 36.5 Å². The van der Waals surface area contributed by atoms with E-state index in [-0.39, 0.29) is 29.7 Å². The van der Waals surface area contributed by atoms with Gasteiger partial charge in [-0.2, -0.15) is 4.31 Å². The van der Waals surface area contributed by atoms with Gasteiger partial charge >= 0.3 is 0 Å². The van der Waals surface area contributed by atoms with E-state index in [4.69, 9.17) is 4.74 Å². The largest absolute Gasteiger partial charge is 0.494 e. The van der Waals surface area contributed by atoms with Gasteiger partial charge in [-0.15, -0.1) is 0 Å². The van der Waals surface area contributed by atoms with Gasteiger partial charge in [0.25, 0.3) is 0 Å². The zero-order chi connectivity index (χ0) is 24.3. The summed E-state index contributed by atoms with van der Waals surface area (Å²) in [6.07, 6.45) is 2.39. The molecular weight excluding hydrogens is 454 g/mol. The fourth-order valence-corrected chi connectivity index (χ4v) is 5.91. The van der Waals surface area contributed by atoms with E-state index < -0.39 is 10.0 Å². The third-order valence-corrected chi connectivity index (χ3v) is 8.28. The highest BCUT2D eigenvalue weighted by molar-refractivity contribution is 7.89. The number of fused-ring (bicyclic) bond motifs is 1. The average molecular weight is 486 g/mol. The molecule has 0 radical (unpaired) electrons. The number of nitrogens with one attached hydrogen (secondary N) is 1. The van der Waals surface area contributed by atoms with E-state index in [0.717, 1.165) is 18.4 Å². The van der Waals surface area contributed by atoms with Crippen LogP contribution in [0.4, 0.5) is 11.4 Å². The Balaban J connectivity index is 1.48. The number of aryl methyl sites for hydroxylation is 1. The molecule has 0 atom stereocenters. The van der Waals surface area contributed by atoms with Crippen molar-refractivity contribution in [3.8, 4) is 5.75 Å². The van der Waals surface area contributed by atoms with Crippen LogP contribution < -0.4 is 15.0 Å². The molecule has 0 saturated carbocycles. The summed E-state index contributed by atoms with van der Waals surface area (Å²) in [5, 5.41) is 2.80. The van der Waals surface area contributed by atoms with Crippen molar-refractivity contribution < 1.29 is 22.7 Å². The molecule has 4 rings (SSSR count). The quantitative estimate of drug-likeness (QED) is 0.648. The number of ether oxygens (including phenoxy) is 1. The molecule has 9 heteroatoms. The molecule has 34 heavy (non-hydrogen) atoms. The summed E-state index contributed by atoms with van der Waals surface area (Å²) in [7, 11) is -3.58. The first-order valence-corrected chi connectivity index (χ1v) is 13.2. The second kappa shape index (κ2) is 10.1. The van der Waals surface area contributed by atoms with Crippen LogP contribution in [-0.4, -0.2) is 50.8 Å². The maximum absolute atomic E-state index is 13.1. The Morgan fingerprint density at radius 1 is 1.09 bits per heavy atom. The van der Waals surface area contributed by atoms with Crippen molar-refractivity contribution in [3.63, 3.8) is 0 Å². The van der Waals surface area contributed by atoms with Crippen molar-refractivity contribution in [1.82, 2.24) is 4.31 Å². The van der Waals surface area contributed by atoms with Crippen LogP contribution in [-0.2, 0) is 26.0 Å². The summed E-state index contributed by atoms with van der Waals surface area (Å²) in [6.45, 7) is 5.50. The van der Waals surface area contributed by atoms with E-state index in [2.05, 4.69) is 12.2 Å². The highest BCUT2D eigenvalue weighted by atomic mass is 32.2. The molecule has 0 aliphatic carbocycles. The SMILES string of the molecule is CCOc1ccc(NC(=O)CN2C(=O)CCc3cc(S(=O)(=O)N4CCC(C)CC4)ccc32)cc1. The summed E-state index contributed by atoms with van der Waals surface area (Å²) in [4.78, 5) is 27.0. The Kier molecular flexibility index (Phi) is 7.23. The van der Waals surface area contributed by atoms with Crippen LogP contribution in [0, 0.1) is 5.92 Å². The minimum atomic E-state index is -3.58. The molecule has 0 bridgehead atoms. The predicted molar refractivity (Wildman–Crippen MR) is 131 cm³/mol. The van der Waals surface area contributed by atoms with Gasteiger partial charge in [0.15, 0.2) is 0 Å². The number of hydrogen-bond donors (Lipinski definition) is 1. The number of carbonyl (C=O) groups excluding carboxylic acids is 2. The van der Waals surface area contributed by atoms with Gasteiger partial charge in [0, 0.05) is 30.9 Å². The van der Waals surface area contributed by atoms with E-state index in [1.165, 1.54) is 4.90 Å². The maximum atomic E-state index is 13.1. The molecule has 2 heterocycles.